The summed E-state index contributed by atoms with van der Waals surface area (Å²) in [4.78, 5) is 0. The first kappa shape index (κ1) is 12.0. The molecule has 0 radical (unpaired) electrons. The fourth-order valence-corrected chi connectivity index (χ4v) is 3.06. The van der Waals surface area contributed by atoms with Gasteiger partial charge in [0.25, 0.3) is 0 Å². The van der Waals surface area contributed by atoms with Crippen LogP contribution in [0.5, 0.6) is 0 Å². The third kappa shape index (κ3) is 2.12. The molecule has 90 valence electrons. The van der Waals surface area contributed by atoms with Gasteiger partial charge >= 0.3 is 0 Å². The largest absolute Gasteiger partial charge is 0.386 e. The molecule has 1 aromatic rings. The Hall–Kier alpha value is -0.520. The van der Waals surface area contributed by atoms with Crippen molar-refractivity contribution in [1.82, 2.24) is 8.75 Å². The first-order valence-electron chi connectivity index (χ1n) is 5.47. The van der Waals surface area contributed by atoms with E-state index in [0.717, 1.165) is 18.1 Å². The predicted molar refractivity (Wildman–Crippen MR) is 62.2 cm³/mol. The lowest BCUT2D eigenvalue weighted by Crippen LogP contribution is -2.32. The van der Waals surface area contributed by atoms with Gasteiger partial charge < -0.3 is 9.84 Å². The first-order valence-corrected chi connectivity index (χ1v) is 6.20. The first-order chi connectivity index (χ1) is 7.32. The molecule has 1 N–H and O–H groups in total. The third-order valence-electron chi connectivity index (χ3n) is 3.21. The van der Waals surface area contributed by atoms with Crippen LogP contribution in [0.1, 0.15) is 45.9 Å². The predicted octanol–water partition coefficient (Wildman–Crippen LogP) is 2.17. The van der Waals surface area contributed by atoms with Crippen LogP contribution in [0, 0.1) is 5.92 Å². The minimum absolute atomic E-state index is 0.0615. The molecule has 2 unspecified atom stereocenters. The number of nitrogens with zero attached hydrogens (tertiary/aromatic N) is 2. The van der Waals surface area contributed by atoms with Crippen LogP contribution in [0.2, 0.25) is 0 Å². The zero-order chi connectivity index (χ0) is 12.0. The summed E-state index contributed by atoms with van der Waals surface area (Å²) >= 11 is 1.13. The van der Waals surface area contributed by atoms with Crippen molar-refractivity contribution < 1.29 is 9.84 Å². The molecule has 2 atom stereocenters. The Bertz CT molecular complexity index is 362. The van der Waals surface area contributed by atoms with Crippen LogP contribution in [-0.4, -0.2) is 25.1 Å². The summed E-state index contributed by atoms with van der Waals surface area (Å²) in [6.07, 6.45) is 1.88. The van der Waals surface area contributed by atoms with Crippen molar-refractivity contribution in [2.24, 2.45) is 5.92 Å². The van der Waals surface area contributed by atoms with Crippen LogP contribution in [0.3, 0.4) is 0 Å². The maximum absolute atomic E-state index is 10.3. The Morgan fingerprint density at radius 3 is 2.62 bits per heavy atom. The third-order valence-corrected chi connectivity index (χ3v) is 3.70. The van der Waals surface area contributed by atoms with Crippen LogP contribution < -0.4 is 0 Å². The van der Waals surface area contributed by atoms with Gasteiger partial charge in [-0.2, -0.15) is 8.75 Å². The molecule has 0 bridgehead atoms. The number of aliphatic hydroxyl groups excluding tert-OH is 1. The van der Waals surface area contributed by atoms with Gasteiger partial charge in [-0.05, 0) is 34.1 Å². The van der Waals surface area contributed by atoms with Gasteiger partial charge in [0.2, 0.25) is 0 Å². The summed E-state index contributed by atoms with van der Waals surface area (Å²) in [7, 11) is 0. The second-order valence-electron chi connectivity index (χ2n) is 5.55. The summed E-state index contributed by atoms with van der Waals surface area (Å²) < 4.78 is 14.0. The fraction of sp³-hybridized carbons (Fsp3) is 0.818. The van der Waals surface area contributed by atoms with E-state index in [1.807, 2.05) is 13.8 Å². The van der Waals surface area contributed by atoms with E-state index < -0.39 is 6.10 Å². The standard InChI is InChI=1S/C11H18N2O2S/c1-10(2)5-7(11(3,4)15-10)9(14)8-6-12-16-13-8/h6-7,9,14H,5H2,1-4H3. The van der Waals surface area contributed by atoms with Crippen molar-refractivity contribution >= 4 is 11.7 Å². The number of hydrogen-bond acceptors (Lipinski definition) is 5. The highest BCUT2D eigenvalue weighted by Crippen LogP contribution is 2.47. The number of aromatic nitrogens is 2. The van der Waals surface area contributed by atoms with E-state index in [0.29, 0.717) is 5.69 Å². The van der Waals surface area contributed by atoms with E-state index >= 15 is 0 Å². The van der Waals surface area contributed by atoms with Gasteiger partial charge in [-0.15, -0.1) is 0 Å². The molecule has 2 rings (SSSR count). The lowest BCUT2D eigenvalue weighted by molar-refractivity contribution is -0.0883. The number of ether oxygens (including phenoxy) is 1. The molecular weight excluding hydrogens is 224 g/mol. The quantitative estimate of drug-likeness (QED) is 0.863. The van der Waals surface area contributed by atoms with Crippen LogP contribution in [0.15, 0.2) is 6.20 Å². The molecule has 0 aliphatic carbocycles. The van der Waals surface area contributed by atoms with Crippen molar-refractivity contribution in [2.45, 2.75) is 51.4 Å². The molecule has 0 saturated carbocycles. The van der Waals surface area contributed by atoms with Crippen molar-refractivity contribution in [3.05, 3.63) is 11.9 Å². The van der Waals surface area contributed by atoms with Crippen molar-refractivity contribution in [3.8, 4) is 0 Å². The molecule has 1 aliphatic rings. The van der Waals surface area contributed by atoms with E-state index in [2.05, 4.69) is 22.6 Å². The maximum atomic E-state index is 10.3. The molecule has 0 aromatic carbocycles. The molecule has 1 aromatic heterocycles. The molecule has 1 fully saturated rings. The van der Waals surface area contributed by atoms with Gasteiger partial charge in [-0.25, -0.2) is 0 Å². The summed E-state index contributed by atoms with van der Waals surface area (Å²) in [5.41, 5.74) is 0.148. The Balaban J connectivity index is 2.22. The average molecular weight is 242 g/mol. The lowest BCUT2D eigenvalue weighted by atomic mass is 9.82. The Labute approximate surface area is 100.0 Å². The van der Waals surface area contributed by atoms with Gasteiger partial charge in [0, 0.05) is 5.92 Å². The van der Waals surface area contributed by atoms with Gasteiger partial charge in [-0.1, -0.05) is 0 Å². The minimum atomic E-state index is -0.587. The van der Waals surface area contributed by atoms with Crippen LogP contribution in [0.4, 0.5) is 0 Å². The number of aliphatic hydroxyl groups is 1. The highest BCUT2D eigenvalue weighted by Gasteiger charge is 2.49. The molecule has 0 spiro atoms. The van der Waals surface area contributed by atoms with E-state index in [-0.39, 0.29) is 17.1 Å². The van der Waals surface area contributed by atoms with Gasteiger partial charge in [-0.3, -0.25) is 0 Å². The second-order valence-corrected chi connectivity index (χ2v) is 6.11. The van der Waals surface area contributed by atoms with Gasteiger partial charge in [0.1, 0.15) is 11.8 Å². The smallest absolute Gasteiger partial charge is 0.104 e. The molecule has 1 aliphatic heterocycles. The minimum Gasteiger partial charge on any atom is -0.386 e. The van der Waals surface area contributed by atoms with Gasteiger partial charge in [0.15, 0.2) is 0 Å². The second kappa shape index (κ2) is 3.75. The van der Waals surface area contributed by atoms with E-state index in [9.17, 15) is 5.11 Å². The zero-order valence-electron chi connectivity index (χ0n) is 10.1. The summed E-state index contributed by atoms with van der Waals surface area (Å²) in [6.45, 7) is 8.16. The van der Waals surface area contributed by atoms with Gasteiger partial charge in [0.05, 0.1) is 29.1 Å². The molecule has 4 nitrogen and oxygen atoms in total. The Kier molecular flexibility index (Phi) is 2.80. The number of rotatable bonds is 2. The van der Waals surface area contributed by atoms with E-state index in [1.165, 1.54) is 0 Å². The zero-order valence-corrected chi connectivity index (χ0v) is 10.9. The van der Waals surface area contributed by atoms with E-state index in [1.54, 1.807) is 6.20 Å². The molecular formula is C11H18N2O2S. The number of hydrogen-bond donors (Lipinski definition) is 1. The molecule has 5 heteroatoms. The monoisotopic (exact) mass is 242 g/mol. The fourth-order valence-electron chi connectivity index (χ4n) is 2.61. The van der Waals surface area contributed by atoms with Crippen LogP contribution >= 0.6 is 11.7 Å². The Morgan fingerprint density at radius 1 is 1.50 bits per heavy atom. The molecule has 0 amide bonds. The molecule has 1 saturated heterocycles. The normalized spacial score (nSPS) is 29.2. The maximum Gasteiger partial charge on any atom is 0.104 e. The highest BCUT2D eigenvalue weighted by atomic mass is 32.1. The SMILES string of the molecule is CC1(C)CC(C(O)c2cnsn2)C(C)(C)O1. The van der Waals surface area contributed by atoms with Crippen LogP contribution in [-0.2, 0) is 4.74 Å². The topological polar surface area (TPSA) is 55.2 Å². The summed E-state index contributed by atoms with van der Waals surface area (Å²) in [5.74, 6) is 0.0615. The Morgan fingerprint density at radius 2 is 2.19 bits per heavy atom. The lowest BCUT2D eigenvalue weighted by Gasteiger charge is -2.29. The van der Waals surface area contributed by atoms with Crippen LogP contribution in [0.25, 0.3) is 0 Å². The van der Waals surface area contributed by atoms with Crippen molar-refractivity contribution in [3.63, 3.8) is 0 Å². The summed E-state index contributed by atoms with van der Waals surface area (Å²) in [5, 5.41) is 10.3. The molecule has 16 heavy (non-hydrogen) atoms. The average Bonchev–Trinajstić information content (AvgIpc) is 2.69. The molecule has 2 heterocycles. The van der Waals surface area contributed by atoms with Crippen molar-refractivity contribution in [1.29, 1.82) is 0 Å². The van der Waals surface area contributed by atoms with E-state index in [4.69, 9.17) is 4.74 Å². The summed E-state index contributed by atoms with van der Waals surface area (Å²) in [6, 6.07) is 0. The van der Waals surface area contributed by atoms with Crippen molar-refractivity contribution in [2.75, 3.05) is 0 Å². The highest BCUT2D eigenvalue weighted by molar-refractivity contribution is 6.99.